The van der Waals surface area contributed by atoms with Crippen molar-refractivity contribution in [3.63, 3.8) is 0 Å². The second-order valence-corrected chi connectivity index (χ2v) is 5.88. The molecule has 3 aromatic rings. The molecule has 108 valence electrons. The highest BCUT2D eigenvalue weighted by Crippen LogP contribution is 2.30. The number of ether oxygens (including phenoxy) is 1. The molecule has 3 rings (SSSR count). The Morgan fingerprint density at radius 1 is 1.14 bits per heavy atom. The number of hydrogen-bond acceptors (Lipinski definition) is 4. The molecule has 1 atom stereocenters. The van der Waals surface area contributed by atoms with Gasteiger partial charge in [-0.2, -0.15) is 0 Å². The van der Waals surface area contributed by atoms with E-state index in [4.69, 9.17) is 4.74 Å². The second-order valence-electron chi connectivity index (χ2n) is 4.77. The van der Waals surface area contributed by atoms with Crippen LogP contribution in [0.1, 0.15) is 23.6 Å². The molecule has 0 saturated carbocycles. The summed E-state index contributed by atoms with van der Waals surface area (Å²) >= 11 is 1.63. The van der Waals surface area contributed by atoms with Crippen LogP contribution in [0.5, 0.6) is 5.75 Å². The topological polar surface area (TPSA) is 42.4 Å². The van der Waals surface area contributed by atoms with E-state index in [2.05, 4.69) is 11.1 Å². The van der Waals surface area contributed by atoms with Crippen molar-refractivity contribution in [3.8, 4) is 5.75 Å². The highest BCUT2D eigenvalue weighted by Gasteiger charge is 2.16. The summed E-state index contributed by atoms with van der Waals surface area (Å²) < 4.78 is 6.73. The predicted octanol–water partition coefficient (Wildman–Crippen LogP) is 3.97. The lowest BCUT2D eigenvalue weighted by atomic mass is 10.1. The Morgan fingerprint density at radius 2 is 1.90 bits per heavy atom. The van der Waals surface area contributed by atoms with E-state index in [9.17, 15) is 5.11 Å². The largest absolute Gasteiger partial charge is 0.493 e. The number of fused-ring (bicyclic) bond motifs is 1. The Kier molecular flexibility index (Phi) is 4.18. The number of aliphatic hydroxyl groups excluding tert-OH is 1. The minimum Gasteiger partial charge on any atom is -0.493 e. The van der Waals surface area contributed by atoms with E-state index in [-0.39, 0.29) is 0 Å². The molecule has 1 aromatic heterocycles. The summed E-state index contributed by atoms with van der Waals surface area (Å²) in [6.07, 6.45) is -0.100. The molecule has 0 radical (unpaired) electrons. The number of rotatable bonds is 5. The van der Waals surface area contributed by atoms with E-state index in [0.29, 0.717) is 13.0 Å². The first kappa shape index (κ1) is 14.0. The van der Waals surface area contributed by atoms with Gasteiger partial charge in [0.15, 0.2) is 0 Å². The molecule has 0 amide bonds. The number of hydrogen-bond donors (Lipinski definition) is 1. The van der Waals surface area contributed by atoms with Gasteiger partial charge in [0.25, 0.3) is 0 Å². The number of nitrogens with zero attached hydrogens (tertiary/aromatic N) is 1. The minimum absolute atomic E-state index is 0.503. The van der Waals surface area contributed by atoms with Gasteiger partial charge in [-0.25, -0.2) is 4.98 Å². The van der Waals surface area contributed by atoms with Crippen molar-refractivity contribution in [1.29, 1.82) is 0 Å². The smallest absolute Gasteiger partial charge is 0.125 e. The number of aliphatic hydroxyl groups is 1. The zero-order chi connectivity index (χ0) is 14.7. The maximum Gasteiger partial charge on any atom is 0.125 e. The quantitative estimate of drug-likeness (QED) is 0.775. The third kappa shape index (κ3) is 3.06. The summed E-state index contributed by atoms with van der Waals surface area (Å²) in [6.45, 7) is 2.53. The fourth-order valence-corrected chi connectivity index (χ4v) is 3.33. The molecule has 0 bridgehead atoms. The maximum absolute atomic E-state index is 10.5. The van der Waals surface area contributed by atoms with Crippen LogP contribution in [0.2, 0.25) is 0 Å². The normalized spacial score (nSPS) is 12.5. The van der Waals surface area contributed by atoms with Crippen molar-refractivity contribution < 1.29 is 9.84 Å². The van der Waals surface area contributed by atoms with Crippen molar-refractivity contribution in [1.82, 2.24) is 4.98 Å². The van der Waals surface area contributed by atoms with E-state index in [1.807, 2.05) is 49.4 Å². The Bertz CT molecular complexity index is 705. The zero-order valence-electron chi connectivity index (χ0n) is 11.8. The summed E-state index contributed by atoms with van der Waals surface area (Å²) in [5, 5.41) is 11.4. The highest BCUT2D eigenvalue weighted by molar-refractivity contribution is 7.18. The van der Waals surface area contributed by atoms with Crippen molar-refractivity contribution in [2.75, 3.05) is 6.61 Å². The monoisotopic (exact) mass is 299 g/mol. The van der Waals surface area contributed by atoms with Gasteiger partial charge in [0.1, 0.15) is 5.75 Å². The van der Waals surface area contributed by atoms with Gasteiger partial charge in [0, 0.05) is 12.0 Å². The molecule has 1 heterocycles. The van der Waals surface area contributed by atoms with Crippen LogP contribution in [0.4, 0.5) is 0 Å². The number of benzene rings is 2. The van der Waals surface area contributed by atoms with Gasteiger partial charge in [-0.15, -0.1) is 11.3 Å². The van der Waals surface area contributed by atoms with Crippen molar-refractivity contribution in [2.24, 2.45) is 0 Å². The molecular formula is C17H17NO2S. The van der Waals surface area contributed by atoms with Crippen LogP contribution in [0.25, 0.3) is 10.2 Å². The molecule has 4 heteroatoms. The molecule has 0 aliphatic heterocycles. The molecule has 0 aliphatic carbocycles. The number of aromatic nitrogens is 1. The van der Waals surface area contributed by atoms with Crippen LogP contribution in [0.15, 0.2) is 48.5 Å². The van der Waals surface area contributed by atoms with E-state index >= 15 is 0 Å². The molecule has 3 nitrogen and oxygen atoms in total. The van der Waals surface area contributed by atoms with Crippen molar-refractivity contribution in [2.45, 2.75) is 19.4 Å². The molecule has 1 N–H and O–H groups in total. The van der Waals surface area contributed by atoms with E-state index < -0.39 is 6.10 Å². The Labute approximate surface area is 127 Å². The summed E-state index contributed by atoms with van der Waals surface area (Å²) in [6, 6.07) is 15.7. The van der Waals surface area contributed by atoms with Gasteiger partial charge in [-0.1, -0.05) is 30.3 Å². The molecule has 1 unspecified atom stereocenters. The Balaban J connectivity index is 1.84. The van der Waals surface area contributed by atoms with Gasteiger partial charge >= 0.3 is 0 Å². The molecule has 21 heavy (non-hydrogen) atoms. The molecule has 0 saturated heterocycles. The summed E-state index contributed by atoms with van der Waals surface area (Å²) in [5.74, 6) is 0.744. The third-order valence-corrected chi connectivity index (χ3v) is 4.34. The standard InChI is InChI=1S/C17H17NO2S/c1-2-20-15-9-5-3-7-12(15)14(19)11-17-18-13-8-4-6-10-16(13)21-17/h3-10,14,19H,2,11H2,1H3. The number of thiazole rings is 1. The van der Waals surface area contributed by atoms with E-state index in [1.165, 1.54) is 0 Å². The molecule has 2 aromatic carbocycles. The molecule has 0 aliphatic rings. The summed E-state index contributed by atoms with van der Waals surface area (Å²) in [7, 11) is 0. The van der Waals surface area contributed by atoms with E-state index in [0.717, 1.165) is 26.5 Å². The fourth-order valence-electron chi connectivity index (χ4n) is 2.33. The van der Waals surface area contributed by atoms with Crippen LogP contribution in [-0.2, 0) is 6.42 Å². The Morgan fingerprint density at radius 3 is 2.71 bits per heavy atom. The fraction of sp³-hybridized carbons (Fsp3) is 0.235. The van der Waals surface area contributed by atoms with Crippen LogP contribution in [0, 0.1) is 0 Å². The first-order valence-corrected chi connectivity index (χ1v) is 7.84. The van der Waals surface area contributed by atoms with Crippen LogP contribution < -0.4 is 4.74 Å². The second kappa shape index (κ2) is 6.24. The molecule has 0 spiro atoms. The van der Waals surface area contributed by atoms with Crippen LogP contribution >= 0.6 is 11.3 Å². The van der Waals surface area contributed by atoms with Crippen LogP contribution in [0.3, 0.4) is 0 Å². The van der Waals surface area contributed by atoms with Crippen molar-refractivity contribution in [3.05, 3.63) is 59.1 Å². The van der Waals surface area contributed by atoms with Gasteiger partial charge in [-0.05, 0) is 25.1 Å². The van der Waals surface area contributed by atoms with Gasteiger partial charge in [0.2, 0.25) is 0 Å². The minimum atomic E-state index is -0.603. The first-order chi connectivity index (χ1) is 10.3. The lowest BCUT2D eigenvalue weighted by Crippen LogP contribution is -2.05. The van der Waals surface area contributed by atoms with Gasteiger partial charge < -0.3 is 9.84 Å². The van der Waals surface area contributed by atoms with Crippen LogP contribution in [-0.4, -0.2) is 16.7 Å². The molecule has 0 fully saturated rings. The third-order valence-electron chi connectivity index (χ3n) is 3.28. The lowest BCUT2D eigenvalue weighted by molar-refractivity contribution is 0.172. The van der Waals surface area contributed by atoms with Crippen molar-refractivity contribution >= 4 is 21.6 Å². The summed E-state index contributed by atoms with van der Waals surface area (Å²) in [5.41, 5.74) is 1.81. The number of para-hydroxylation sites is 2. The SMILES string of the molecule is CCOc1ccccc1C(O)Cc1nc2ccccc2s1. The average Bonchev–Trinajstić information content (AvgIpc) is 2.90. The first-order valence-electron chi connectivity index (χ1n) is 7.02. The lowest BCUT2D eigenvalue weighted by Gasteiger charge is -2.14. The maximum atomic E-state index is 10.5. The predicted molar refractivity (Wildman–Crippen MR) is 85.9 cm³/mol. The summed E-state index contributed by atoms with van der Waals surface area (Å²) in [4.78, 5) is 4.57. The zero-order valence-corrected chi connectivity index (χ0v) is 12.6. The van der Waals surface area contributed by atoms with Gasteiger partial charge in [-0.3, -0.25) is 0 Å². The average molecular weight is 299 g/mol. The highest BCUT2D eigenvalue weighted by atomic mass is 32.1. The van der Waals surface area contributed by atoms with Gasteiger partial charge in [0.05, 0.1) is 27.9 Å². The Hall–Kier alpha value is -1.91. The van der Waals surface area contributed by atoms with E-state index in [1.54, 1.807) is 11.3 Å². The molecular weight excluding hydrogens is 282 g/mol.